The Balaban J connectivity index is 0.00000180. The highest BCUT2D eigenvalue weighted by molar-refractivity contribution is 6.30. The highest BCUT2D eigenvalue weighted by Gasteiger charge is 2.30. The van der Waals surface area contributed by atoms with Crippen LogP contribution in [0.1, 0.15) is 17.2 Å². The molecule has 0 bridgehead atoms. The summed E-state index contributed by atoms with van der Waals surface area (Å²) in [6.45, 7) is 4.65. The maximum absolute atomic E-state index is 13.4. The van der Waals surface area contributed by atoms with E-state index in [9.17, 15) is 8.78 Å². The molecule has 116 valence electrons. The molecule has 1 atom stereocenters. The monoisotopic (exact) mass is 346 g/mol. The third kappa shape index (κ3) is 4.71. The van der Waals surface area contributed by atoms with Gasteiger partial charge >= 0.3 is 0 Å². The second kappa shape index (κ2) is 9.00. The molecule has 0 aromatic heterocycles. The van der Waals surface area contributed by atoms with Gasteiger partial charge in [0, 0.05) is 31.2 Å². The Morgan fingerprint density at radius 1 is 1.20 bits per heavy atom. The minimum absolute atomic E-state index is 0. The third-order valence-electron chi connectivity index (χ3n) is 3.33. The van der Waals surface area contributed by atoms with Crippen molar-refractivity contribution in [3.63, 3.8) is 0 Å². The molecule has 0 spiro atoms. The average Bonchev–Trinajstić information content (AvgIpc) is 2.33. The first-order valence-electron chi connectivity index (χ1n) is 6.08. The topological polar surface area (TPSA) is 15.3 Å². The molecule has 1 heterocycles. The molecule has 1 aliphatic heterocycles. The normalized spacial score (nSPS) is 17.2. The van der Waals surface area contributed by atoms with Crippen LogP contribution in [0.5, 0.6) is 0 Å². The van der Waals surface area contributed by atoms with Gasteiger partial charge in [-0.1, -0.05) is 17.7 Å². The first-order valence-corrected chi connectivity index (χ1v) is 6.46. The average molecular weight is 348 g/mol. The van der Waals surface area contributed by atoms with Gasteiger partial charge in [-0.3, -0.25) is 4.90 Å². The van der Waals surface area contributed by atoms with Crippen LogP contribution in [0.15, 0.2) is 18.2 Å². The Labute approximate surface area is 135 Å². The van der Waals surface area contributed by atoms with Gasteiger partial charge in [-0.15, -0.1) is 24.8 Å². The van der Waals surface area contributed by atoms with Gasteiger partial charge in [0.25, 0.3) is 6.43 Å². The fraction of sp³-hybridized carbons (Fsp3) is 0.538. The van der Waals surface area contributed by atoms with E-state index in [1.54, 1.807) is 18.2 Å². The van der Waals surface area contributed by atoms with E-state index >= 15 is 0 Å². The maximum Gasteiger partial charge on any atom is 0.258 e. The fourth-order valence-electron chi connectivity index (χ4n) is 2.42. The lowest BCUT2D eigenvalue weighted by atomic mass is 9.99. The number of benzene rings is 1. The Morgan fingerprint density at radius 2 is 1.80 bits per heavy atom. The van der Waals surface area contributed by atoms with E-state index in [1.807, 2.05) is 11.8 Å². The van der Waals surface area contributed by atoms with Gasteiger partial charge in [0.1, 0.15) is 0 Å². The van der Waals surface area contributed by atoms with Crippen LogP contribution in [0.2, 0.25) is 5.02 Å². The number of rotatable bonds is 3. The summed E-state index contributed by atoms with van der Waals surface area (Å²) in [5.74, 6) is 0. The molecule has 0 unspecified atom stereocenters. The lowest BCUT2D eigenvalue weighted by molar-refractivity contribution is 0.0178. The molecule has 0 aliphatic carbocycles. The Hall–Kier alpha value is -0.130. The fourth-order valence-corrected chi connectivity index (χ4v) is 2.65. The first kappa shape index (κ1) is 19.9. The largest absolute Gasteiger partial charge is 0.314 e. The van der Waals surface area contributed by atoms with Gasteiger partial charge < -0.3 is 5.32 Å². The van der Waals surface area contributed by atoms with E-state index in [4.69, 9.17) is 11.6 Å². The Kier molecular flexibility index (Phi) is 8.95. The predicted molar refractivity (Wildman–Crippen MR) is 83.9 cm³/mol. The summed E-state index contributed by atoms with van der Waals surface area (Å²) in [4.78, 5) is 1.84. The van der Waals surface area contributed by atoms with Gasteiger partial charge in [0.15, 0.2) is 0 Å². The number of hydrogen-bond acceptors (Lipinski definition) is 2. The van der Waals surface area contributed by atoms with Crippen LogP contribution in [0.25, 0.3) is 0 Å². The molecule has 1 fully saturated rings. The molecule has 20 heavy (non-hydrogen) atoms. The quantitative estimate of drug-likeness (QED) is 0.897. The molecule has 1 aromatic rings. The number of nitrogens with zero attached hydrogens (tertiary/aromatic N) is 1. The van der Waals surface area contributed by atoms with Crippen LogP contribution in [-0.4, -0.2) is 37.5 Å². The SMILES string of the molecule is Cc1cc(Cl)ccc1[C@@H](C(F)F)N1CCNCC1.Cl.Cl. The van der Waals surface area contributed by atoms with Crippen LogP contribution < -0.4 is 5.32 Å². The van der Waals surface area contributed by atoms with Gasteiger partial charge in [-0.05, 0) is 30.2 Å². The van der Waals surface area contributed by atoms with E-state index in [0.717, 1.165) is 18.7 Å². The molecule has 0 amide bonds. The van der Waals surface area contributed by atoms with Crippen LogP contribution >= 0.6 is 36.4 Å². The van der Waals surface area contributed by atoms with Crippen molar-refractivity contribution in [3.8, 4) is 0 Å². The highest BCUT2D eigenvalue weighted by Crippen LogP contribution is 2.31. The van der Waals surface area contributed by atoms with Gasteiger partial charge in [-0.2, -0.15) is 0 Å². The summed E-state index contributed by atoms with van der Waals surface area (Å²) in [6, 6.07) is 4.32. The van der Waals surface area contributed by atoms with Gasteiger partial charge in [0.2, 0.25) is 0 Å². The molecule has 0 saturated carbocycles. The molecule has 2 nitrogen and oxygen atoms in total. The smallest absolute Gasteiger partial charge is 0.258 e. The lowest BCUT2D eigenvalue weighted by Gasteiger charge is -2.35. The summed E-state index contributed by atoms with van der Waals surface area (Å²) >= 11 is 5.88. The van der Waals surface area contributed by atoms with Crippen molar-refractivity contribution in [3.05, 3.63) is 34.3 Å². The van der Waals surface area contributed by atoms with E-state index in [1.165, 1.54) is 0 Å². The number of alkyl halides is 2. The van der Waals surface area contributed by atoms with Crippen LogP contribution in [-0.2, 0) is 0 Å². The summed E-state index contributed by atoms with van der Waals surface area (Å²) in [6.07, 6.45) is -2.39. The molecule has 7 heteroatoms. The van der Waals surface area contributed by atoms with Gasteiger partial charge in [-0.25, -0.2) is 8.78 Å². The number of piperazine rings is 1. The van der Waals surface area contributed by atoms with E-state index < -0.39 is 12.5 Å². The molecule has 1 saturated heterocycles. The van der Waals surface area contributed by atoms with Crippen molar-refractivity contribution in [2.24, 2.45) is 0 Å². The maximum atomic E-state index is 13.4. The standard InChI is InChI=1S/C13H17ClF2N2.2ClH/c1-9-8-10(14)2-3-11(9)12(13(15)16)18-6-4-17-5-7-18;;/h2-3,8,12-13,17H,4-7H2,1H3;2*1H/t12-;;/m0../s1. The van der Waals surface area contributed by atoms with Crippen molar-refractivity contribution in [2.75, 3.05) is 26.2 Å². The summed E-state index contributed by atoms with van der Waals surface area (Å²) < 4.78 is 26.7. The second-order valence-corrected chi connectivity index (χ2v) is 5.00. The number of nitrogens with one attached hydrogen (secondary N) is 1. The van der Waals surface area contributed by atoms with Crippen molar-refractivity contribution in [1.29, 1.82) is 0 Å². The van der Waals surface area contributed by atoms with Crippen molar-refractivity contribution in [1.82, 2.24) is 10.2 Å². The van der Waals surface area contributed by atoms with E-state index in [2.05, 4.69) is 5.32 Å². The van der Waals surface area contributed by atoms with Crippen molar-refractivity contribution in [2.45, 2.75) is 19.4 Å². The summed E-state index contributed by atoms with van der Waals surface area (Å²) in [5.41, 5.74) is 1.50. The zero-order valence-corrected chi connectivity index (χ0v) is 13.5. The Morgan fingerprint density at radius 3 is 2.30 bits per heavy atom. The summed E-state index contributed by atoms with van der Waals surface area (Å²) in [5, 5.41) is 3.76. The zero-order chi connectivity index (χ0) is 13.1. The van der Waals surface area contributed by atoms with E-state index in [-0.39, 0.29) is 24.8 Å². The molecule has 0 radical (unpaired) electrons. The van der Waals surface area contributed by atoms with Gasteiger partial charge in [0.05, 0.1) is 6.04 Å². The minimum Gasteiger partial charge on any atom is -0.314 e. The lowest BCUT2D eigenvalue weighted by Crippen LogP contribution is -2.47. The van der Waals surface area contributed by atoms with Crippen LogP contribution in [0.3, 0.4) is 0 Å². The van der Waals surface area contributed by atoms with Crippen LogP contribution in [0, 0.1) is 6.92 Å². The molecular weight excluding hydrogens is 329 g/mol. The molecule has 1 aromatic carbocycles. The zero-order valence-electron chi connectivity index (χ0n) is 11.1. The molecule has 1 N–H and O–H groups in total. The number of aryl methyl sites for hydroxylation is 1. The van der Waals surface area contributed by atoms with Crippen molar-refractivity contribution >= 4 is 36.4 Å². The highest BCUT2D eigenvalue weighted by atomic mass is 35.5. The third-order valence-corrected chi connectivity index (χ3v) is 3.57. The minimum atomic E-state index is -2.39. The van der Waals surface area contributed by atoms with Crippen LogP contribution in [0.4, 0.5) is 8.78 Å². The first-order chi connectivity index (χ1) is 8.59. The number of hydrogen-bond donors (Lipinski definition) is 1. The Bertz CT molecular complexity index is 413. The van der Waals surface area contributed by atoms with E-state index in [0.29, 0.717) is 23.7 Å². The predicted octanol–water partition coefficient (Wildman–Crippen LogP) is 3.70. The summed E-state index contributed by atoms with van der Waals surface area (Å²) in [7, 11) is 0. The van der Waals surface area contributed by atoms with Crippen molar-refractivity contribution < 1.29 is 8.78 Å². The molecule has 1 aliphatic rings. The second-order valence-electron chi connectivity index (χ2n) is 4.57. The molecule has 2 rings (SSSR count). The number of halogens is 5. The molecular formula is C13H19Cl3F2N2.